The zero-order chi connectivity index (χ0) is 21.7. The van der Waals surface area contributed by atoms with Crippen LogP contribution in [-0.2, 0) is 27.7 Å². The quantitative estimate of drug-likeness (QED) is 0.719. The van der Waals surface area contributed by atoms with Crippen molar-refractivity contribution in [2.75, 3.05) is 11.9 Å². The summed E-state index contributed by atoms with van der Waals surface area (Å²) >= 11 is 5.63. The molecule has 0 bridgehead atoms. The van der Waals surface area contributed by atoms with E-state index in [9.17, 15) is 27.6 Å². The van der Waals surface area contributed by atoms with Crippen molar-refractivity contribution in [3.8, 4) is 0 Å². The first-order valence-electron chi connectivity index (χ1n) is 9.01. The molecule has 10 heteroatoms. The normalized spacial score (nSPS) is 20.5. The first-order chi connectivity index (χ1) is 14.1. The maximum atomic E-state index is 13.2. The molecule has 2 aromatic rings. The molecule has 1 aliphatic heterocycles. The lowest BCUT2D eigenvalue weighted by atomic mass is 9.92. The Kier molecular flexibility index (Phi) is 4.73. The van der Waals surface area contributed by atoms with Gasteiger partial charge in [-0.2, -0.15) is 13.2 Å². The summed E-state index contributed by atoms with van der Waals surface area (Å²) in [6.07, 6.45) is -3.81. The summed E-state index contributed by atoms with van der Waals surface area (Å²) in [6, 6.07) is 9.32. The van der Waals surface area contributed by atoms with Gasteiger partial charge in [0.15, 0.2) is 0 Å². The van der Waals surface area contributed by atoms with Gasteiger partial charge in [-0.05, 0) is 42.2 Å². The first-order valence-corrected chi connectivity index (χ1v) is 9.39. The molecule has 30 heavy (non-hydrogen) atoms. The average Bonchev–Trinajstić information content (AvgIpc) is 3.16. The Balaban J connectivity index is 1.54. The Bertz CT molecular complexity index is 1070. The van der Waals surface area contributed by atoms with Gasteiger partial charge in [0, 0.05) is 5.02 Å². The zero-order valence-corrected chi connectivity index (χ0v) is 16.1. The Labute approximate surface area is 174 Å². The molecule has 2 aliphatic rings. The number of alkyl halides is 3. The number of aryl methyl sites for hydroxylation is 1. The van der Waals surface area contributed by atoms with Gasteiger partial charge in [-0.25, -0.2) is 4.79 Å². The van der Waals surface area contributed by atoms with Crippen molar-refractivity contribution in [2.24, 2.45) is 0 Å². The number of halogens is 4. The Hall–Kier alpha value is -3.07. The van der Waals surface area contributed by atoms with E-state index >= 15 is 0 Å². The third kappa shape index (κ3) is 3.28. The molecular weight excluding hydrogens is 423 g/mol. The highest BCUT2D eigenvalue weighted by Gasteiger charge is 2.55. The van der Waals surface area contributed by atoms with Crippen LogP contribution in [0.15, 0.2) is 42.5 Å². The van der Waals surface area contributed by atoms with Crippen molar-refractivity contribution in [3.05, 3.63) is 64.2 Å². The SMILES string of the molecule is O=C(CN1C(=O)N[C@]2(CCc3ccccc32)C1=O)Nc1ccc(Cl)cc1C(F)(F)F. The van der Waals surface area contributed by atoms with Gasteiger partial charge in [-0.3, -0.25) is 14.5 Å². The van der Waals surface area contributed by atoms with Crippen LogP contribution < -0.4 is 10.6 Å². The van der Waals surface area contributed by atoms with E-state index in [0.29, 0.717) is 24.5 Å². The summed E-state index contributed by atoms with van der Waals surface area (Å²) in [4.78, 5) is 38.6. The van der Waals surface area contributed by atoms with E-state index in [-0.39, 0.29) is 5.02 Å². The van der Waals surface area contributed by atoms with Gasteiger partial charge < -0.3 is 10.6 Å². The molecule has 4 amide bonds. The van der Waals surface area contributed by atoms with E-state index in [1.807, 2.05) is 12.1 Å². The van der Waals surface area contributed by atoms with Crippen molar-refractivity contribution >= 4 is 35.1 Å². The number of hydrogen-bond acceptors (Lipinski definition) is 3. The Morgan fingerprint density at radius 1 is 1.20 bits per heavy atom. The highest BCUT2D eigenvalue weighted by atomic mass is 35.5. The van der Waals surface area contributed by atoms with E-state index in [1.54, 1.807) is 12.1 Å². The van der Waals surface area contributed by atoms with E-state index in [4.69, 9.17) is 11.6 Å². The summed E-state index contributed by atoms with van der Waals surface area (Å²) in [5, 5.41) is 4.63. The monoisotopic (exact) mass is 437 g/mol. The molecule has 4 rings (SSSR count). The maximum Gasteiger partial charge on any atom is 0.418 e. The zero-order valence-electron chi connectivity index (χ0n) is 15.3. The van der Waals surface area contributed by atoms with Crippen LogP contribution in [0.1, 0.15) is 23.1 Å². The first kappa shape index (κ1) is 20.2. The van der Waals surface area contributed by atoms with Gasteiger partial charge in [-0.15, -0.1) is 0 Å². The molecule has 2 N–H and O–H groups in total. The van der Waals surface area contributed by atoms with Crippen molar-refractivity contribution in [2.45, 2.75) is 24.6 Å². The standard InChI is InChI=1S/C20H15ClF3N3O3/c21-12-5-6-15(14(9-12)20(22,23)24)25-16(28)10-27-17(29)19(26-18(27)30)8-7-11-3-1-2-4-13(11)19/h1-6,9H,7-8,10H2,(H,25,28)(H,26,30)/t19-/m0/s1. The molecule has 1 fully saturated rings. The summed E-state index contributed by atoms with van der Waals surface area (Å²) in [5.41, 5.74) is -1.28. The molecule has 0 radical (unpaired) electrons. The second kappa shape index (κ2) is 7.02. The molecular formula is C20H15ClF3N3O3. The molecule has 0 unspecified atom stereocenters. The number of nitrogens with one attached hydrogen (secondary N) is 2. The molecule has 1 spiro atoms. The molecule has 156 valence electrons. The highest BCUT2D eigenvalue weighted by molar-refractivity contribution is 6.30. The Morgan fingerprint density at radius 3 is 2.67 bits per heavy atom. The minimum Gasteiger partial charge on any atom is -0.324 e. The van der Waals surface area contributed by atoms with Crippen molar-refractivity contribution in [1.82, 2.24) is 10.2 Å². The summed E-state index contributed by atoms with van der Waals surface area (Å²) in [7, 11) is 0. The molecule has 6 nitrogen and oxygen atoms in total. The number of hydrogen-bond donors (Lipinski definition) is 2. The van der Waals surface area contributed by atoms with Gasteiger partial charge >= 0.3 is 12.2 Å². The van der Waals surface area contributed by atoms with Crippen LogP contribution >= 0.6 is 11.6 Å². The third-order valence-electron chi connectivity index (χ3n) is 5.29. The fourth-order valence-electron chi connectivity index (χ4n) is 3.93. The Morgan fingerprint density at radius 2 is 1.93 bits per heavy atom. The summed E-state index contributed by atoms with van der Waals surface area (Å²) in [5.74, 6) is -1.53. The van der Waals surface area contributed by atoms with Gasteiger partial charge in [0.25, 0.3) is 5.91 Å². The van der Waals surface area contributed by atoms with Crippen LogP contribution in [0.4, 0.5) is 23.7 Å². The number of benzene rings is 2. The third-order valence-corrected chi connectivity index (χ3v) is 5.52. The van der Waals surface area contributed by atoms with Crippen molar-refractivity contribution in [1.29, 1.82) is 0 Å². The number of imide groups is 1. The lowest BCUT2D eigenvalue weighted by molar-refractivity contribution is -0.137. The van der Waals surface area contributed by atoms with Gasteiger partial charge in [-0.1, -0.05) is 35.9 Å². The van der Waals surface area contributed by atoms with Gasteiger partial charge in [0.1, 0.15) is 12.1 Å². The van der Waals surface area contributed by atoms with E-state index < -0.39 is 47.4 Å². The minimum atomic E-state index is -4.74. The number of amides is 4. The molecule has 0 aromatic heterocycles. The smallest absolute Gasteiger partial charge is 0.324 e. The van der Waals surface area contributed by atoms with Gasteiger partial charge in [0.2, 0.25) is 5.91 Å². The second-order valence-corrected chi connectivity index (χ2v) is 7.56. The molecule has 1 aliphatic carbocycles. The molecule has 0 saturated carbocycles. The van der Waals surface area contributed by atoms with E-state index in [0.717, 1.165) is 16.5 Å². The lowest BCUT2D eigenvalue weighted by Gasteiger charge is -2.22. The lowest BCUT2D eigenvalue weighted by Crippen LogP contribution is -2.43. The molecule has 1 atom stereocenters. The average molecular weight is 438 g/mol. The number of urea groups is 1. The second-order valence-electron chi connectivity index (χ2n) is 7.12. The fraction of sp³-hybridized carbons (Fsp3) is 0.250. The summed E-state index contributed by atoms with van der Waals surface area (Å²) in [6.45, 7) is -0.714. The number of fused-ring (bicyclic) bond motifs is 2. The number of carbonyl (C=O) groups is 3. The number of carbonyl (C=O) groups excluding carboxylic acids is 3. The van der Waals surface area contributed by atoms with Crippen molar-refractivity contribution < 1.29 is 27.6 Å². The summed E-state index contributed by atoms with van der Waals surface area (Å²) < 4.78 is 39.6. The predicted molar refractivity (Wildman–Crippen MR) is 102 cm³/mol. The topological polar surface area (TPSA) is 78.5 Å². The van der Waals surface area contributed by atoms with Crippen LogP contribution in [-0.4, -0.2) is 29.3 Å². The molecule has 2 aromatic carbocycles. The fourth-order valence-corrected chi connectivity index (χ4v) is 4.10. The van der Waals surface area contributed by atoms with Gasteiger partial charge in [0.05, 0.1) is 11.3 Å². The van der Waals surface area contributed by atoms with E-state index in [1.165, 1.54) is 6.07 Å². The van der Waals surface area contributed by atoms with Crippen LogP contribution in [0.25, 0.3) is 0 Å². The van der Waals surface area contributed by atoms with Crippen LogP contribution in [0.5, 0.6) is 0 Å². The highest BCUT2D eigenvalue weighted by Crippen LogP contribution is 2.41. The van der Waals surface area contributed by atoms with Crippen LogP contribution in [0, 0.1) is 0 Å². The van der Waals surface area contributed by atoms with Crippen molar-refractivity contribution in [3.63, 3.8) is 0 Å². The number of rotatable bonds is 3. The van der Waals surface area contributed by atoms with Crippen LogP contribution in [0.3, 0.4) is 0 Å². The molecule has 1 saturated heterocycles. The predicted octanol–water partition coefficient (Wildman–Crippen LogP) is 3.69. The van der Waals surface area contributed by atoms with Crippen LogP contribution in [0.2, 0.25) is 5.02 Å². The number of nitrogens with zero attached hydrogens (tertiary/aromatic N) is 1. The van der Waals surface area contributed by atoms with E-state index in [2.05, 4.69) is 10.6 Å². The molecule has 1 heterocycles. The largest absolute Gasteiger partial charge is 0.418 e. The number of anilines is 1. The minimum absolute atomic E-state index is 0.142. The maximum absolute atomic E-state index is 13.2.